The normalized spacial score (nSPS) is 22.2. The van der Waals surface area contributed by atoms with Gasteiger partial charge in [-0.3, -0.25) is 10.2 Å². The van der Waals surface area contributed by atoms with Crippen LogP contribution in [0.3, 0.4) is 0 Å². The van der Waals surface area contributed by atoms with Gasteiger partial charge in [0.2, 0.25) is 5.91 Å². The Bertz CT molecular complexity index is 164. The molecule has 0 bridgehead atoms. The van der Waals surface area contributed by atoms with Crippen LogP contribution >= 0.6 is 0 Å². The molecule has 1 heterocycles. The molecule has 0 radical (unpaired) electrons. The molecule has 0 saturated carbocycles. The molecule has 0 aromatic carbocycles. The number of hydrazine groups is 1. The van der Waals surface area contributed by atoms with E-state index in [1.165, 1.54) is 6.42 Å². The minimum absolute atomic E-state index is 0.122. The van der Waals surface area contributed by atoms with E-state index >= 15 is 0 Å². The fourth-order valence-electron chi connectivity index (χ4n) is 1.60. The Labute approximate surface area is 79.6 Å². The van der Waals surface area contributed by atoms with E-state index < -0.39 is 0 Å². The van der Waals surface area contributed by atoms with E-state index in [9.17, 15) is 4.79 Å². The number of carbonyl (C=O) groups is 1. The van der Waals surface area contributed by atoms with Gasteiger partial charge in [0.15, 0.2) is 0 Å². The fourth-order valence-corrected chi connectivity index (χ4v) is 1.60. The van der Waals surface area contributed by atoms with Crippen LogP contribution in [0.5, 0.6) is 0 Å². The van der Waals surface area contributed by atoms with Crippen LogP contribution in [0, 0.1) is 5.92 Å². The van der Waals surface area contributed by atoms with E-state index in [0.717, 1.165) is 19.5 Å². The van der Waals surface area contributed by atoms with Crippen molar-refractivity contribution in [2.24, 2.45) is 5.92 Å². The van der Waals surface area contributed by atoms with Gasteiger partial charge in [0.05, 0.1) is 0 Å². The third-order valence-corrected chi connectivity index (χ3v) is 2.29. The number of rotatable bonds is 4. The molecule has 4 nitrogen and oxygen atoms in total. The van der Waals surface area contributed by atoms with Crippen molar-refractivity contribution in [1.82, 2.24) is 15.8 Å². The molecule has 1 rings (SSSR count). The van der Waals surface area contributed by atoms with Gasteiger partial charge in [-0.1, -0.05) is 0 Å². The number of amides is 1. The van der Waals surface area contributed by atoms with Crippen molar-refractivity contribution in [3.63, 3.8) is 0 Å². The molecule has 1 amide bonds. The second kappa shape index (κ2) is 5.19. The molecule has 0 aromatic rings. The molecule has 2 N–H and O–H groups in total. The van der Waals surface area contributed by atoms with Crippen LogP contribution in [0.15, 0.2) is 0 Å². The van der Waals surface area contributed by atoms with Gasteiger partial charge in [-0.25, -0.2) is 5.01 Å². The van der Waals surface area contributed by atoms with E-state index in [2.05, 4.69) is 10.7 Å². The van der Waals surface area contributed by atoms with Crippen LogP contribution in [0.1, 0.15) is 19.3 Å². The van der Waals surface area contributed by atoms with Crippen molar-refractivity contribution >= 4 is 5.91 Å². The van der Waals surface area contributed by atoms with E-state index in [1.54, 1.807) is 5.01 Å². The molecule has 13 heavy (non-hydrogen) atoms. The summed E-state index contributed by atoms with van der Waals surface area (Å²) in [7, 11) is 3.66. The van der Waals surface area contributed by atoms with E-state index in [1.807, 2.05) is 14.1 Å². The topological polar surface area (TPSA) is 44.4 Å². The molecule has 1 aliphatic heterocycles. The third-order valence-electron chi connectivity index (χ3n) is 2.29. The molecule has 0 spiro atoms. The third kappa shape index (κ3) is 4.24. The van der Waals surface area contributed by atoms with Gasteiger partial charge in [0, 0.05) is 20.5 Å². The van der Waals surface area contributed by atoms with Gasteiger partial charge >= 0.3 is 0 Å². The van der Waals surface area contributed by atoms with Crippen molar-refractivity contribution in [1.29, 1.82) is 0 Å². The largest absolute Gasteiger partial charge is 0.316 e. The summed E-state index contributed by atoms with van der Waals surface area (Å²) in [5, 5.41) is 4.98. The van der Waals surface area contributed by atoms with Crippen LogP contribution in [0.4, 0.5) is 0 Å². The summed E-state index contributed by atoms with van der Waals surface area (Å²) in [5.74, 6) is 0.824. The lowest BCUT2D eigenvalue weighted by molar-refractivity contribution is -0.125. The first-order valence-electron chi connectivity index (χ1n) is 4.86. The SMILES string of the molecule is CN(C)NC(=O)CCC1CCNC1. The Balaban J connectivity index is 2.07. The molecule has 1 unspecified atom stereocenters. The number of hydrogen-bond donors (Lipinski definition) is 2. The number of carbonyl (C=O) groups excluding carboxylic acids is 1. The zero-order chi connectivity index (χ0) is 9.68. The fraction of sp³-hybridized carbons (Fsp3) is 0.889. The van der Waals surface area contributed by atoms with Gasteiger partial charge in [-0.2, -0.15) is 0 Å². The average molecular weight is 185 g/mol. The highest BCUT2D eigenvalue weighted by molar-refractivity contribution is 5.75. The predicted molar refractivity (Wildman–Crippen MR) is 52.0 cm³/mol. The van der Waals surface area contributed by atoms with Crippen LogP contribution < -0.4 is 10.7 Å². The van der Waals surface area contributed by atoms with Crippen molar-refractivity contribution in [3.05, 3.63) is 0 Å². The van der Waals surface area contributed by atoms with Crippen LogP contribution in [0.2, 0.25) is 0 Å². The molecule has 0 aliphatic carbocycles. The summed E-state index contributed by atoms with van der Waals surface area (Å²) in [4.78, 5) is 11.2. The summed E-state index contributed by atoms with van der Waals surface area (Å²) in [6, 6.07) is 0. The van der Waals surface area contributed by atoms with Crippen molar-refractivity contribution < 1.29 is 4.79 Å². The number of nitrogens with one attached hydrogen (secondary N) is 2. The lowest BCUT2D eigenvalue weighted by Crippen LogP contribution is -2.36. The summed E-state index contributed by atoms with van der Waals surface area (Å²) >= 11 is 0. The van der Waals surface area contributed by atoms with Crippen LogP contribution in [0.25, 0.3) is 0 Å². The maximum absolute atomic E-state index is 11.2. The zero-order valence-electron chi connectivity index (χ0n) is 8.47. The Morgan fingerprint density at radius 1 is 1.62 bits per heavy atom. The summed E-state index contributed by atoms with van der Waals surface area (Å²) in [6.45, 7) is 2.19. The average Bonchev–Trinajstić information content (AvgIpc) is 2.51. The Hall–Kier alpha value is -0.610. The van der Waals surface area contributed by atoms with Gasteiger partial charge in [-0.05, 0) is 31.8 Å². The van der Waals surface area contributed by atoms with Crippen LogP contribution in [-0.2, 0) is 4.79 Å². The lowest BCUT2D eigenvalue weighted by atomic mass is 10.0. The minimum Gasteiger partial charge on any atom is -0.316 e. The van der Waals surface area contributed by atoms with Gasteiger partial charge in [-0.15, -0.1) is 0 Å². The van der Waals surface area contributed by atoms with Crippen molar-refractivity contribution in [2.75, 3.05) is 27.2 Å². The Morgan fingerprint density at radius 2 is 2.38 bits per heavy atom. The van der Waals surface area contributed by atoms with Crippen LogP contribution in [-0.4, -0.2) is 38.1 Å². The molecule has 1 atom stereocenters. The molecular formula is C9H19N3O. The molecule has 4 heteroatoms. The summed E-state index contributed by atoms with van der Waals surface area (Å²) < 4.78 is 0. The minimum atomic E-state index is 0.122. The summed E-state index contributed by atoms with van der Waals surface area (Å²) in [5.41, 5.74) is 2.74. The van der Waals surface area contributed by atoms with Crippen molar-refractivity contribution in [3.8, 4) is 0 Å². The highest BCUT2D eigenvalue weighted by Crippen LogP contribution is 2.13. The predicted octanol–water partition coefficient (Wildman–Crippen LogP) is -0.0311. The second-order valence-electron chi connectivity index (χ2n) is 3.83. The van der Waals surface area contributed by atoms with Gasteiger partial charge < -0.3 is 5.32 Å². The standard InChI is InChI=1S/C9H19N3O/c1-12(2)11-9(13)4-3-8-5-6-10-7-8/h8,10H,3-7H2,1-2H3,(H,11,13). The maximum Gasteiger partial charge on any atom is 0.234 e. The van der Waals surface area contributed by atoms with E-state index in [4.69, 9.17) is 0 Å². The van der Waals surface area contributed by atoms with E-state index in [0.29, 0.717) is 12.3 Å². The van der Waals surface area contributed by atoms with Gasteiger partial charge in [0.1, 0.15) is 0 Å². The smallest absolute Gasteiger partial charge is 0.234 e. The molecule has 0 aromatic heterocycles. The maximum atomic E-state index is 11.2. The number of hydrogen-bond acceptors (Lipinski definition) is 3. The second-order valence-corrected chi connectivity index (χ2v) is 3.83. The highest BCUT2D eigenvalue weighted by Gasteiger charge is 2.15. The first-order valence-corrected chi connectivity index (χ1v) is 4.86. The molecule has 1 aliphatic rings. The van der Waals surface area contributed by atoms with E-state index in [-0.39, 0.29) is 5.91 Å². The lowest BCUT2D eigenvalue weighted by Gasteiger charge is -2.12. The Kier molecular flexibility index (Phi) is 4.18. The zero-order valence-corrected chi connectivity index (χ0v) is 8.47. The molecule has 76 valence electrons. The first kappa shape index (κ1) is 10.5. The van der Waals surface area contributed by atoms with Gasteiger partial charge in [0.25, 0.3) is 0 Å². The molecular weight excluding hydrogens is 166 g/mol. The molecule has 1 saturated heterocycles. The highest BCUT2D eigenvalue weighted by atomic mass is 16.2. The molecule has 1 fully saturated rings. The number of nitrogens with zero attached hydrogens (tertiary/aromatic N) is 1. The quantitative estimate of drug-likeness (QED) is 0.604. The Morgan fingerprint density at radius 3 is 2.92 bits per heavy atom. The summed E-state index contributed by atoms with van der Waals surface area (Å²) in [6.07, 6.45) is 2.87. The van der Waals surface area contributed by atoms with Crippen molar-refractivity contribution in [2.45, 2.75) is 19.3 Å². The first-order chi connectivity index (χ1) is 6.18. The monoisotopic (exact) mass is 185 g/mol.